The summed E-state index contributed by atoms with van der Waals surface area (Å²) in [6, 6.07) is 12.9. The lowest BCUT2D eigenvalue weighted by molar-refractivity contribution is 0.480. The molecular formula is C23H25NO5S3. The van der Waals surface area contributed by atoms with Gasteiger partial charge >= 0.3 is 10.1 Å². The highest BCUT2D eigenvalue weighted by Gasteiger charge is 2.27. The van der Waals surface area contributed by atoms with Crippen LogP contribution < -0.4 is 4.18 Å². The molecule has 0 atom stereocenters. The van der Waals surface area contributed by atoms with E-state index in [1.807, 2.05) is 27.7 Å². The number of benzene rings is 2. The topological polar surface area (TPSA) is 90.4 Å². The van der Waals surface area contributed by atoms with Crippen LogP contribution in [-0.4, -0.2) is 21.8 Å². The van der Waals surface area contributed by atoms with Crippen molar-refractivity contribution in [3.8, 4) is 5.75 Å². The maximum Gasteiger partial charge on any atom is 0.340 e. The minimum absolute atomic E-state index is 0.0582. The lowest BCUT2D eigenvalue weighted by atomic mass is 9.86. The second kappa shape index (κ2) is 8.88. The zero-order valence-electron chi connectivity index (χ0n) is 18.5. The lowest BCUT2D eigenvalue weighted by Gasteiger charge is -2.24. The van der Waals surface area contributed by atoms with Gasteiger partial charge in [-0.2, -0.15) is 8.42 Å². The van der Waals surface area contributed by atoms with E-state index in [2.05, 4.69) is 4.98 Å². The van der Waals surface area contributed by atoms with Crippen molar-refractivity contribution in [2.45, 2.75) is 54.7 Å². The van der Waals surface area contributed by atoms with E-state index >= 15 is 0 Å². The average molecular weight is 492 g/mol. The van der Waals surface area contributed by atoms with Crippen LogP contribution in [0.4, 0.5) is 0 Å². The lowest BCUT2D eigenvalue weighted by Crippen LogP contribution is -2.16. The number of pyridine rings is 1. The third-order valence-electron chi connectivity index (χ3n) is 4.72. The Hall–Kier alpha value is -2.36. The molecule has 0 unspecified atom stereocenters. The zero-order chi connectivity index (χ0) is 23.7. The van der Waals surface area contributed by atoms with Gasteiger partial charge in [0.1, 0.15) is 10.6 Å². The number of nitrogens with zero attached hydrogens (tertiary/aromatic N) is 1. The fraction of sp³-hybridized carbons (Fsp3) is 0.261. The minimum Gasteiger partial charge on any atom is -0.379 e. The van der Waals surface area contributed by atoms with Gasteiger partial charge in [-0.3, -0.25) is 4.98 Å². The Kier molecular flexibility index (Phi) is 6.74. The van der Waals surface area contributed by atoms with Crippen molar-refractivity contribution in [1.82, 2.24) is 4.98 Å². The van der Waals surface area contributed by atoms with E-state index in [-0.39, 0.29) is 15.5 Å². The Balaban J connectivity index is 2.04. The molecule has 0 aliphatic heterocycles. The number of aryl methyl sites for hydroxylation is 2. The SMILES string of the molecule is Cc1ccc(S(=O)(=O)Sc2cc(C)c(OS(=O)(=O)c3cccnc3)cc2C(C)(C)C)cc1. The minimum atomic E-state index is -4.08. The Morgan fingerprint density at radius 2 is 1.56 bits per heavy atom. The molecule has 3 rings (SSSR count). The van der Waals surface area contributed by atoms with Gasteiger partial charge in [0.15, 0.2) is 0 Å². The molecule has 0 amide bonds. The Morgan fingerprint density at radius 1 is 0.906 bits per heavy atom. The summed E-state index contributed by atoms with van der Waals surface area (Å²) in [5.74, 6) is 0.149. The maximum absolute atomic E-state index is 13.0. The number of aromatic nitrogens is 1. The molecule has 0 N–H and O–H groups in total. The monoisotopic (exact) mass is 491 g/mol. The van der Waals surface area contributed by atoms with E-state index in [4.69, 9.17) is 4.18 Å². The summed E-state index contributed by atoms with van der Waals surface area (Å²) in [4.78, 5) is 4.52. The van der Waals surface area contributed by atoms with Crippen molar-refractivity contribution in [1.29, 1.82) is 0 Å². The van der Waals surface area contributed by atoms with E-state index in [1.165, 1.54) is 24.5 Å². The van der Waals surface area contributed by atoms with E-state index < -0.39 is 24.4 Å². The molecule has 0 aliphatic rings. The average Bonchev–Trinajstić information content (AvgIpc) is 2.70. The highest BCUT2D eigenvalue weighted by molar-refractivity contribution is 8.72. The van der Waals surface area contributed by atoms with Crippen molar-refractivity contribution in [3.05, 3.63) is 77.6 Å². The molecule has 32 heavy (non-hydrogen) atoms. The molecule has 2 aromatic carbocycles. The van der Waals surface area contributed by atoms with E-state index in [0.29, 0.717) is 16.0 Å². The van der Waals surface area contributed by atoms with Gasteiger partial charge in [0.05, 0.1) is 4.90 Å². The predicted molar refractivity (Wildman–Crippen MR) is 126 cm³/mol. The first kappa shape index (κ1) is 24.3. The molecule has 6 nitrogen and oxygen atoms in total. The van der Waals surface area contributed by atoms with Crippen LogP contribution in [0, 0.1) is 13.8 Å². The van der Waals surface area contributed by atoms with Crippen molar-refractivity contribution in [3.63, 3.8) is 0 Å². The largest absolute Gasteiger partial charge is 0.379 e. The van der Waals surface area contributed by atoms with Gasteiger partial charge in [-0.05, 0) is 66.8 Å². The van der Waals surface area contributed by atoms with Crippen molar-refractivity contribution >= 4 is 29.8 Å². The molecule has 9 heteroatoms. The summed E-state index contributed by atoms with van der Waals surface area (Å²) in [6.07, 6.45) is 2.69. The molecule has 3 aromatic rings. The molecule has 1 aromatic heterocycles. The van der Waals surface area contributed by atoms with Gasteiger partial charge in [-0.25, -0.2) is 8.42 Å². The third-order valence-corrected chi connectivity index (χ3v) is 9.30. The first-order valence-electron chi connectivity index (χ1n) is 9.80. The highest BCUT2D eigenvalue weighted by Crippen LogP contribution is 2.41. The zero-order valence-corrected chi connectivity index (χ0v) is 20.9. The van der Waals surface area contributed by atoms with E-state index in [0.717, 1.165) is 16.4 Å². The highest BCUT2D eigenvalue weighted by atomic mass is 33.1. The summed E-state index contributed by atoms with van der Waals surface area (Å²) in [5.41, 5.74) is 1.68. The molecule has 0 bridgehead atoms. The molecule has 0 fully saturated rings. The van der Waals surface area contributed by atoms with Crippen LogP contribution in [0.3, 0.4) is 0 Å². The fourth-order valence-electron chi connectivity index (χ4n) is 2.94. The number of hydrogen-bond donors (Lipinski definition) is 0. The van der Waals surface area contributed by atoms with Crippen molar-refractivity contribution in [2.75, 3.05) is 0 Å². The Bertz CT molecular complexity index is 1330. The van der Waals surface area contributed by atoms with Gasteiger partial charge in [0, 0.05) is 28.1 Å². The summed E-state index contributed by atoms with van der Waals surface area (Å²) < 4.78 is 56.8. The molecule has 1 heterocycles. The first-order valence-corrected chi connectivity index (χ1v) is 14.0. The van der Waals surface area contributed by atoms with Crippen LogP contribution in [0.2, 0.25) is 0 Å². The standard InChI is InChI=1S/C23H25NO5S3/c1-16-8-10-18(11-9-16)32(27,28)30-22-13-17(2)21(14-20(22)23(3,4)5)29-31(25,26)19-7-6-12-24-15-19/h6-15H,1-5H3. The smallest absolute Gasteiger partial charge is 0.340 e. The molecule has 0 spiro atoms. The van der Waals surface area contributed by atoms with Crippen LogP contribution in [0.5, 0.6) is 5.75 Å². The first-order chi connectivity index (χ1) is 14.8. The van der Waals surface area contributed by atoms with Gasteiger partial charge < -0.3 is 4.18 Å². The van der Waals surface area contributed by atoms with Crippen molar-refractivity contribution in [2.24, 2.45) is 0 Å². The quantitative estimate of drug-likeness (QED) is 0.344. The number of rotatable bonds is 6. The molecular weight excluding hydrogens is 466 g/mol. The number of hydrogen-bond acceptors (Lipinski definition) is 7. The van der Waals surface area contributed by atoms with Gasteiger partial charge in [0.2, 0.25) is 8.87 Å². The summed E-state index contributed by atoms with van der Waals surface area (Å²) in [5, 5.41) is 0. The second-order valence-corrected chi connectivity index (χ2v) is 13.8. The molecule has 170 valence electrons. The summed E-state index contributed by atoms with van der Waals surface area (Å²) in [7, 11) is -7.00. The van der Waals surface area contributed by atoms with Crippen LogP contribution >= 0.6 is 10.8 Å². The van der Waals surface area contributed by atoms with Crippen LogP contribution in [0.25, 0.3) is 0 Å². The maximum atomic E-state index is 13.0. The van der Waals surface area contributed by atoms with E-state index in [9.17, 15) is 16.8 Å². The normalized spacial score (nSPS) is 12.5. The third kappa shape index (κ3) is 5.51. The van der Waals surface area contributed by atoms with Gasteiger partial charge in [0.25, 0.3) is 0 Å². The predicted octanol–water partition coefficient (Wildman–Crippen LogP) is 5.24. The van der Waals surface area contributed by atoms with Crippen LogP contribution in [0.1, 0.15) is 37.5 Å². The molecule has 0 saturated heterocycles. The summed E-state index contributed by atoms with van der Waals surface area (Å²) in [6.45, 7) is 9.37. The van der Waals surface area contributed by atoms with Crippen LogP contribution in [0.15, 0.2) is 75.6 Å². The van der Waals surface area contributed by atoms with Gasteiger partial charge in [-0.1, -0.05) is 38.5 Å². The second-order valence-electron chi connectivity index (χ2n) is 8.44. The summed E-state index contributed by atoms with van der Waals surface area (Å²) >= 11 is 0. The van der Waals surface area contributed by atoms with Crippen molar-refractivity contribution < 1.29 is 21.0 Å². The Morgan fingerprint density at radius 3 is 2.12 bits per heavy atom. The van der Waals surface area contributed by atoms with E-state index in [1.54, 1.807) is 43.3 Å². The molecule has 0 radical (unpaired) electrons. The fourth-order valence-corrected chi connectivity index (χ4v) is 7.11. The van der Waals surface area contributed by atoms with Gasteiger partial charge in [-0.15, -0.1) is 0 Å². The Labute approximate surface area is 193 Å². The molecule has 0 saturated carbocycles. The van der Waals surface area contributed by atoms with Crippen LogP contribution in [-0.2, 0) is 24.4 Å². The molecule has 0 aliphatic carbocycles.